The van der Waals surface area contributed by atoms with E-state index >= 15 is 0 Å². The van der Waals surface area contributed by atoms with E-state index < -0.39 is 0 Å². The Bertz CT molecular complexity index is 326. The molecule has 0 aliphatic heterocycles. The standard InChI is InChI=1S/C13H20FNS/c1-3-4-5-9-16-13-11(10(2)15)7-6-8-12(13)14/h6-8,10H,3-5,9,15H2,1-2H3/t10-/m0/s1. The minimum Gasteiger partial charge on any atom is -0.324 e. The zero-order chi connectivity index (χ0) is 12.0. The Balaban J connectivity index is 2.69. The maximum absolute atomic E-state index is 13.6. The van der Waals surface area contributed by atoms with Crippen molar-refractivity contribution in [3.8, 4) is 0 Å². The van der Waals surface area contributed by atoms with Gasteiger partial charge >= 0.3 is 0 Å². The van der Waals surface area contributed by atoms with Crippen molar-refractivity contribution in [2.24, 2.45) is 5.73 Å². The van der Waals surface area contributed by atoms with E-state index in [1.807, 2.05) is 13.0 Å². The highest BCUT2D eigenvalue weighted by Crippen LogP contribution is 2.30. The first-order valence-electron chi connectivity index (χ1n) is 5.83. The predicted octanol–water partition coefficient (Wildman–Crippen LogP) is 4.13. The van der Waals surface area contributed by atoms with Crippen LogP contribution in [-0.2, 0) is 0 Å². The zero-order valence-electron chi connectivity index (χ0n) is 10.0. The normalized spacial score (nSPS) is 12.8. The highest BCUT2D eigenvalue weighted by Gasteiger charge is 2.11. The van der Waals surface area contributed by atoms with Gasteiger partial charge < -0.3 is 5.73 Å². The Hall–Kier alpha value is -0.540. The van der Waals surface area contributed by atoms with Gasteiger partial charge in [-0.2, -0.15) is 0 Å². The molecule has 16 heavy (non-hydrogen) atoms. The molecule has 1 atom stereocenters. The van der Waals surface area contributed by atoms with Crippen LogP contribution >= 0.6 is 11.8 Å². The fraction of sp³-hybridized carbons (Fsp3) is 0.538. The molecule has 0 amide bonds. The Morgan fingerprint density at radius 2 is 2.12 bits per heavy atom. The quantitative estimate of drug-likeness (QED) is 0.598. The molecule has 0 spiro atoms. The Labute approximate surface area is 102 Å². The third kappa shape index (κ3) is 3.80. The fourth-order valence-electron chi connectivity index (χ4n) is 1.56. The predicted molar refractivity (Wildman–Crippen MR) is 69.3 cm³/mol. The summed E-state index contributed by atoms with van der Waals surface area (Å²) in [7, 11) is 0. The second kappa shape index (κ2) is 6.92. The highest BCUT2D eigenvalue weighted by atomic mass is 32.2. The van der Waals surface area contributed by atoms with E-state index in [-0.39, 0.29) is 11.9 Å². The molecule has 0 aromatic heterocycles. The van der Waals surface area contributed by atoms with Crippen molar-refractivity contribution in [3.05, 3.63) is 29.6 Å². The number of hydrogen-bond donors (Lipinski definition) is 1. The minimum atomic E-state index is -0.142. The summed E-state index contributed by atoms with van der Waals surface area (Å²) in [5.41, 5.74) is 6.75. The van der Waals surface area contributed by atoms with Crippen molar-refractivity contribution in [1.82, 2.24) is 0 Å². The van der Waals surface area contributed by atoms with Crippen LogP contribution in [0.3, 0.4) is 0 Å². The number of hydrogen-bond acceptors (Lipinski definition) is 2. The molecule has 0 radical (unpaired) electrons. The van der Waals surface area contributed by atoms with Gasteiger partial charge in [-0.3, -0.25) is 0 Å². The largest absolute Gasteiger partial charge is 0.324 e. The van der Waals surface area contributed by atoms with Crippen LogP contribution < -0.4 is 5.73 Å². The zero-order valence-corrected chi connectivity index (χ0v) is 10.8. The van der Waals surface area contributed by atoms with Crippen molar-refractivity contribution < 1.29 is 4.39 Å². The molecule has 0 heterocycles. The van der Waals surface area contributed by atoms with Crippen LogP contribution in [0.5, 0.6) is 0 Å². The molecule has 2 N–H and O–H groups in total. The summed E-state index contributed by atoms with van der Waals surface area (Å²) < 4.78 is 13.6. The Morgan fingerprint density at radius 1 is 1.38 bits per heavy atom. The van der Waals surface area contributed by atoms with Crippen LogP contribution in [0.15, 0.2) is 23.1 Å². The average Bonchev–Trinajstić information content (AvgIpc) is 2.25. The van der Waals surface area contributed by atoms with E-state index in [0.29, 0.717) is 0 Å². The lowest BCUT2D eigenvalue weighted by atomic mass is 10.1. The summed E-state index contributed by atoms with van der Waals surface area (Å²) in [5.74, 6) is 0.824. The molecule has 0 unspecified atom stereocenters. The van der Waals surface area contributed by atoms with Gasteiger partial charge in [-0.1, -0.05) is 31.9 Å². The molecule has 0 saturated heterocycles. The van der Waals surface area contributed by atoms with Crippen molar-refractivity contribution in [3.63, 3.8) is 0 Å². The van der Waals surface area contributed by atoms with Crippen LogP contribution in [0.4, 0.5) is 4.39 Å². The van der Waals surface area contributed by atoms with Crippen LogP contribution in [0, 0.1) is 5.82 Å². The first-order valence-corrected chi connectivity index (χ1v) is 6.82. The summed E-state index contributed by atoms with van der Waals surface area (Å²) >= 11 is 1.59. The van der Waals surface area contributed by atoms with Crippen LogP contribution in [0.1, 0.15) is 44.7 Å². The smallest absolute Gasteiger partial charge is 0.137 e. The first kappa shape index (κ1) is 13.5. The number of thioether (sulfide) groups is 1. The molecule has 0 aliphatic rings. The molecule has 1 nitrogen and oxygen atoms in total. The van der Waals surface area contributed by atoms with Gasteiger partial charge in [0, 0.05) is 10.9 Å². The molecule has 1 aromatic rings. The third-order valence-corrected chi connectivity index (χ3v) is 3.69. The average molecular weight is 241 g/mol. The molecule has 90 valence electrons. The summed E-state index contributed by atoms with van der Waals surface area (Å²) in [4.78, 5) is 0.730. The number of halogens is 1. The monoisotopic (exact) mass is 241 g/mol. The highest BCUT2D eigenvalue weighted by molar-refractivity contribution is 7.99. The molecule has 1 rings (SSSR count). The third-order valence-electron chi connectivity index (χ3n) is 2.48. The van der Waals surface area contributed by atoms with Crippen molar-refractivity contribution in [2.45, 2.75) is 44.0 Å². The molecule has 0 aliphatic carbocycles. The van der Waals surface area contributed by atoms with Gasteiger partial charge in [0.2, 0.25) is 0 Å². The lowest BCUT2D eigenvalue weighted by molar-refractivity contribution is 0.591. The van der Waals surface area contributed by atoms with Gasteiger partial charge in [0.05, 0.1) is 0 Å². The summed E-state index contributed by atoms with van der Waals surface area (Å²) in [6.45, 7) is 4.06. The van der Waals surface area contributed by atoms with Gasteiger partial charge in [-0.25, -0.2) is 4.39 Å². The van der Waals surface area contributed by atoms with Gasteiger partial charge in [-0.15, -0.1) is 11.8 Å². The van der Waals surface area contributed by atoms with Gasteiger partial charge in [0.25, 0.3) is 0 Å². The molecule has 0 bridgehead atoms. The first-order chi connectivity index (χ1) is 7.66. The topological polar surface area (TPSA) is 26.0 Å². The molecular formula is C13H20FNS. The summed E-state index contributed by atoms with van der Waals surface area (Å²) in [5, 5.41) is 0. The number of unbranched alkanes of at least 4 members (excludes halogenated alkanes) is 2. The summed E-state index contributed by atoms with van der Waals surface area (Å²) in [6, 6.07) is 5.04. The van der Waals surface area contributed by atoms with E-state index in [4.69, 9.17) is 5.73 Å². The Morgan fingerprint density at radius 3 is 2.75 bits per heavy atom. The second-order valence-corrected chi connectivity index (χ2v) is 5.11. The van der Waals surface area contributed by atoms with Crippen molar-refractivity contribution in [2.75, 3.05) is 5.75 Å². The van der Waals surface area contributed by atoms with Crippen molar-refractivity contribution in [1.29, 1.82) is 0 Å². The lowest BCUT2D eigenvalue weighted by Gasteiger charge is -2.12. The van der Waals surface area contributed by atoms with Crippen LogP contribution in [0.25, 0.3) is 0 Å². The number of benzene rings is 1. The lowest BCUT2D eigenvalue weighted by Crippen LogP contribution is -2.07. The van der Waals surface area contributed by atoms with E-state index in [0.717, 1.165) is 22.6 Å². The summed E-state index contributed by atoms with van der Waals surface area (Å²) in [6.07, 6.45) is 3.53. The second-order valence-electron chi connectivity index (χ2n) is 4.00. The van der Waals surface area contributed by atoms with E-state index in [1.165, 1.54) is 18.9 Å². The fourth-order valence-corrected chi connectivity index (χ4v) is 2.74. The molecular weight excluding hydrogens is 221 g/mol. The van der Waals surface area contributed by atoms with Gasteiger partial charge in [0.1, 0.15) is 5.82 Å². The SMILES string of the molecule is CCCCCSc1c(F)cccc1[C@H](C)N. The van der Waals surface area contributed by atoms with Gasteiger partial charge in [-0.05, 0) is 30.7 Å². The van der Waals surface area contributed by atoms with Crippen molar-refractivity contribution >= 4 is 11.8 Å². The van der Waals surface area contributed by atoms with Crippen LogP contribution in [0.2, 0.25) is 0 Å². The van der Waals surface area contributed by atoms with E-state index in [2.05, 4.69) is 6.92 Å². The Kier molecular flexibility index (Phi) is 5.85. The van der Waals surface area contributed by atoms with E-state index in [9.17, 15) is 4.39 Å². The number of nitrogens with two attached hydrogens (primary N) is 1. The minimum absolute atomic E-state index is 0.107. The molecule has 0 fully saturated rings. The van der Waals surface area contributed by atoms with Gasteiger partial charge in [0.15, 0.2) is 0 Å². The number of rotatable bonds is 6. The van der Waals surface area contributed by atoms with Crippen LogP contribution in [-0.4, -0.2) is 5.75 Å². The molecule has 3 heteroatoms. The molecule has 1 aromatic carbocycles. The molecule has 0 saturated carbocycles. The maximum Gasteiger partial charge on any atom is 0.137 e. The van der Waals surface area contributed by atoms with E-state index in [1.54, 1.807) is 17.8 Å². The maximum atomic E-state index is 13.6.